The SMILES string of the molecule is CCOc1ccc(S(=O)(=O)N(C)CC(=O)Nc2ccccc2OC)cc1C. The fourth-order valence-corrected chi connectivity index (χ4v) is 3.72. The smallest absolute Gasteiger partial charge is 0.243 e. The highest BCUT2D eigenvalue weighted by Crippen LogP contribution is 2.25. The lowest BCUT2D eigenvalue weighted by atomic mass is 10.2. The summed E-state index contributed by atoms with van der Waals surface area (Å²) >= 11 is 0. The minimum absolute atomic E-state index is 0.107. The van der Waals surface area contributed by atoms with E-state index in [-0.39, 0.29) is 11.4 Å². The normalized spacial score (nSPS) is 11.3. The Bertz CT molecular complexity index is 912. The van der Waals surface area contributed by atoms with Crippen LogP contribution in [-0.2, 0) is 14.8 Å². The maximum absolute atomic E-state index is 12.7. The van der Waals surface area contributed by atoms with Gasteiger partial charge in [0.05, 0.1) is 30.8 Å². The van der Waals surface area contributed by atoms with Crippen molar-refractivity contribution in [2.75, 3.05) is 32.6 Å². The summed E-state index contributed by atoms with van der Waals surface area (Å²) in [6, 6.07) is 11.5. The summed E-state index contributed by atoms with van der Waals surface area (Å²) in [5.41, 5.74) is 1.19. The Balaban J connectivity index is 2.12. The number of carbonyl (C=O) groups excluding carboxylic acids is 1. The average molecular weight is 392 g/mol. The van der Waals surface area contributed by atoms with Crippen LogP contribution in [0.15, 0.2) is 47.4 Å². The number of para-hydroxylation sites is 2. The molecule has 0 bridgehead atoms. The lowest BCUT2D eigenvalue weighted by molar-refractivity contribution is -0.116. The number of nitrogens with zero attached hydrogens (tertiary/aromatic N) is 1. The van der Waals surface area contributed by atoms with Crippen molar-refractivity contribution < 1.29 is 22.7 Å². The summed E-state index contributed by atoms with van der Waals surface area (Å²) in [5, 5.41) is 2.66. The number of sulfonamides is 1. The predicted octanol–water partition coefficient (Wildman–Crippen LogP) is 2.66. The number of aryl methyl sites for hydroxylation is 1. The summed E-state index contributed by atoms with van der Waals surface area (Å²) in [7, 11) is -0.951. The first kappa shape index (κ1) is 20.7. The number of methoxy groups -OCH3 is 1. The van der Waals surface area contributed by atoms with E-state index in [2.05, 4.69) is 5.32 Å². The molecule has 1 amide bonds. The first-order valence-corrected chi connectivity index (χ1v) is 9.86. The molecule has 0 aromatic heterocycles. The summed E-state index contributed by atoms with van der Waals surface area (Å²) in [4.78, 5) is 12.4. The molecule has 0 heterocycles. The highest BCUT2D eigenvalue weighted by atomic mass is 32.2. The average Bonchev–Trinajstić information content (AvgIpc) is 2.63. The van der Waals surface area contributed by atoms with Gasteiger partial charge in [0.15, 0.2) is 0 Å². The molecule has 0 aliphatic carbocycles. The summed E-state index contributed by atoms with van der Waals surface area (Å²) in [6.45, 7) is 3.80. The van der Waals surface area contributed by atoms with Gasteiger partial charge >= 0.3 is 0 Å². The molecular formula is C19H24N2O5S. The highest BCUT2D eigenvalue weighted by Gasteiger charge is 2.24. The van der Waals surface area contributed by atoms with E-state index in [0.717, 1.165) is 4.31 Å². The molecule has 146 valence electrons. The van der Waals surface area contributed by atoms with E-state index in [9.17, 15) is 13.2 Å². The van der Waals surface area contributed by atoms with Crippen molar-refractivity contribution in [3.63, 3.8) is 0 Å². The van der Waals surface area contributed by atoms with Gasteiger partial charge in [0.2, 0.25) is 15.9 Å². The van der Waals surface area contributed by atoms with Gasteiger partial charge in [-0.25, -0.2) is 8.42 Å². The number of hydrogen-bond donors (Lipinski definition) is 1. The Labute approximate surface area is 160 Å². The highest BCUT2D eigenvalue weighted by molar-refractivity contribution is 7.89. The zero-order valence-electron chi connectivity index (χ0n) is 15.9. The van der Waals surface area contributed by atoms with Crippen LogP contribution in [0.1, 0.15) is 12.5 Å². The van der Waals surface area contributed by atoms with E-state index in [4.69, 9.17) is 9.47 Å². The van der Waals surface area contributed by atoms with Crippen molar-refractivity contribution >= 4 is 21.6 Å². The Morgan fingerprint density at radius 2 is 1.85 bits per heavy atom. The van der Waals surface area contributed by atoms with Crippen LogP contribution in [0, 0.1) is 6.92 Å². The second-order valence-electron chi connectivity index (χ2n) is 5.87. The number of hydrogen-bond acceptors (Lipinski definition) is 5. The first-order chi connectivity index (χ1) is 12.8. The van der Waals surface area contributed by atoms with Crippen LogP contribution in [0.5, 0.6) is 11.5 Å². The third-order valence-electron chi connectivity index (χ3n) is 3.90. The first-order valence-electron chi connectivity index (χ1n) is 8.42. The maximum Gasteiger partial charge on any atom is 0.243 e. The topological polar surface area (TPSA) is 84.9 Å². The van der Waals surface area contributed by atoms with Crippen LogP contribution in [-0.4, -0.2) is 45.9 Å². The zero-order chi connectivity index (χ0) is 20.0. The summed E-state index contributed by atoms with van der Waals surface area (Å²) < 4.78 is 37.1. The Kier molecular flexibility index (Phi) is 6.81. The van der Waals surface area contributed by atoms with Crippen molar-refractivity contribution in [1.29, 1.82) is 0 Å². The molecule has 7 nitrogen and oxygen atoms in total. The molecular weight excluding hydrogens is 368 g/mol. The van der Waals surface area contributed by atoms with Gasteiger partial charge in [-0.2, -0.15) is 4.31 Å². The van der Waals surface area contributed by atoms with Crippen molar-refractivity contribution in [2.24, 2.45) is 0 Å². The van der Waals surface area contributed by atoms with Crippen molar-refractivity contribution in [1.82, 2.24) is 4.31 Å². The maximum atomic E-state index is 12.7. The van der Waals surface area contributed by atoms with Crippen molar-refractivity contribution in [3.8, 4) is 11.5 Å². The van der Waals surface area contributed by atoms with Crippen LogP contribution in [0.25, 0.3) is 0 Å². The fourth-order valence-electron chi connectivity index (χ4n) is 2.50. The van der Waals surface area contributed by atoms with E-state index in [1.165, 1.54) is 26.3 Å². The van der Waals surface area contributed by atoms with Gasteiger partial charge in [-0.3, -0.25) is 4.79 Å². The van der Waals surface area contributed by atoms with Crippen molar-refractivity contribution in [3.05, 3.63) is 48.0 Å². The summed E-state index contributed by atoms with van der Waals surface area (Å²) in [6.07, 6.45) is 0. The van der Waals surface area contributed by atoms with Gasteiger partial charge in [0.1, 0.15) is 11.5 Å². The molecule has 0 fully saturated rings. The molecule has 0 unspecified atom stereocenters. The Morgan fingerprint density at radius 3 is 2.48 bits per heavy atom. The molecule has 1 N–H and O–H groups in total. The number of benzene rings is 2. The number of amides is 1. The van der Waals surface area contributed by atoms with E-state index in [0.29, 0.717) is 29.4 Å². The summed E-state index contributed by atoms with van der Waals surface area (Å²) in [5.74, 6) is 0.666. The minimum atomic E-state index is -3.81. The largest absolute Gasteiger partial charge is 0.495 e. The second-order valence-corrected chi connectivity index (χ2v) is 7.91. The number of rotatable bonds is 8. The van der Waals surface area contributed by atoms with E-state index >= 15 is 0 Å². The third-order valence-corrected chi connectivity index (χ3v) is 5.70. The molecule has 8 heteroatoms. The lowest BCUT2D eigenvalue weighted by Gasteiger charge is -2.18. The number of anilines is 1. The Morgan fingerprint density at radius 1 is 1.15 bits per heavy atom. The number of ether oxygens (including phenoxy) is 2. The van der Waals surface area contributed by atoms with Crippen LogP contribution >= 0.6 is 0 Å². The minimum Gasteiger partial charge on any atom is -0.495 e. The predicted molar refractivity (Wildman–Crippen MR) is 104 cm³/mol. The zero-order valence-corrected chi connectivity index (χ0v) is 16.7. The van der Waals surface area contributed by atoms with Gasteiger partial charge in [0, 0.05) is 7.05 Å². The van der Waals surface area contributed by atoms with Crippen LogP contribution in [0.2, 0.25) is 0 Å². The molecule has 2 rings (SSSR count). The molecule has 2 aromatic rings. The fraction of sp³-hybridized carbons (Fsp3) is 0.316. The molecule has 0 spiro atoms. The molecule has 0 saturated heterocycles. The van der Waals surface area contributed by atoms with Gasteiger partial charge in [-0.1, -0.05) is 12.1 Å². The third kappa shape index (κ3) is 4.99. The molecule has 27 heavy (non-hydrogen) atoms. The van der Waals surface area contributed by atoms with E-state index in [1.54, 1.807) is 37.3 Å². The van der Waals surface area contributed by atoms with Crippen molar-refractivity contribution in [2.45, 2.75) is 18.7 Å². The van der Waals surface area contributed by atoms with E-state index in [1.807, 2.05) is 6.92 Å². The van der Waals surface area contributed by atoms with Gasteiger partial charge in [0.25, 0.3) is 0 Å². The molecule has 0 aliphatic heterocycles. The molecule has 0 aliphatic rings. The number of nitrogens with one attached hydrogen (secondary N) is 1. The quantitative estimate of drug-likeness (QED) is 0.747. The van der Waals surface area contributed by atoms with E-state index < -0.39 is 15.9 Å². The van der Waals surface area contributed by atoms with Gasteiger partial charge in [-0.05, 0) is 49.7 Å². The molecule has 0 saturated carbocycles. The molecule has 2 aromatic carbocycles. The number of carbonyl (C=O) groups is 1. The monoisotopic (exact) mass is 392 g/mol. The van der Waals surface area contributed by atoms with Gasteiger partial charge in [-0.15, -0.1) is 0 Å². The van der Waals surface area contributed by atoms with Crippen LogP contribution in [0.4, 0.5) is 5.69 Å². The molecule has 0 atom stereocenters. The van der Waals surface area contributed by atoms with Gasteiger partial charge < -0.3 is 14.8 Å². The standard InChI is InChI=1S/C19H24N2O5S/c1-5-26-17-11-10-15(12-14(17)2)27(23,24)21(3)13-19(22)20-16-8-6-7-9-18(16)25-4/h6-12H,5,13H2,1-4H3,(H,20,22). The lowest BCUT2D eigenvalue weighted by Crippen LogP contribution is -2.35. The molecule has 0 radical (unpaired) electrons. The number of likely N-dealkylation sites (N-methyl/N-ethyl adjacent to an activating group) is 1. The Hall–Kier alpha value is -2.58. The second kappa shape index (κ2) is 8.88. The van der Waals surface area contributed by atoms with Crippen LogP contribution < -0.4 is 14.8 Å². The van der Waals surface area contributed by atoms with Crippen LogP contribution in [0.3, 0.4) is 0 Å².